The van der Waals surface area contributed by atoms with Crippen LogP contribution in [0.3, 0.4) is 0 Å². The van der Waals surface area contributed by atoms with Gasteiger partial charge in [0, 0.05) is 11.4 Å². The number of hydrogen-bond donors (Lipinski definition) is 1. The van der Waals surface area contributed by atoms with Gasteiger partial charge >= 0.3 is 5.97 Å². The fourth-order valence-electron chi connectivity index (χ4n) is 3.67. The Hall–Kier alpha value is -2.33. The van der Waals surface area contributed by atoms with Gasteiger partial charge in [-0.25, -0.2) is 4.79 Å². The Balaban J connectivity index is 1.72. The molecule has 26 heavy (non-hydrogen) atoms. The quantitative estimate of drug-likeness (QED) is 0.814. The lowest BCUT2D eigenvalue weighted by atomic mass is 10.0. The Labute approximate surface area is 158 Å². The molecule has 1 heterocycles. The van der Waals surface area contributed by atoms with Crippen molar-refractivity contribution >= 4 is 23.5 Å². The molecule has 1 fully saturated rings. The lowest BCUT2D eigenvalue weighted by molar-refractivity contribution is -0.149. The van der Waals surface area contributed by atoms with Gasteiger partial charge in [0.25, 0.3) is 0 Å². The van der Waals surface area contributed by atoms with E-state index in [0.717, 1.165) is 12.0 Å². The van der Waals surface area contributed by atoms with Crippen molar-refractivity contribution in [2.75, 3.05) is 0 Å². The minimum Gasteiger partial charge on any atom is -0.480 e. The highest BCUT2D eigenvalue weighted by molar-refractivity contribution is 6.31. The van der Waals surface area contributed by atoms with E-state index in [2.05, 4.69) is 0 Å². The zero-order valence-electron chi connectivity index (χ0n) is 14.5. The summed E-state index contributed by atoms with van der Waals surface area (Å²) in [5.74, 6) is -1.06. The van der Waals surface area contributed by atoms with Gasteiger partial charge in [-0.3, -0.25) is 4.79 Å². The summed E-state index contributed by atoms with van der Waals surface area (Å²) >= 11 is 6.30. The zero-order valence-corrected chi connectivity index (χ0v) is 15.2. The minimum absolute atomic E-state index is 0.115. The van der Waals surface area contributed by atoms with Crippen LogP contribution in [0.2, 0.25) is 5.02 Å². The number of nitrogens with zero attached hydrogens (tertiary/aromatic N) is 1. The average molecular weight is 372 g/mol. The normalized spacial score (nSPS) is 19.5. The number of aryl methyl sites for hydroxylation is 1. The molecule has 5 heteroatoms. The van der Waals surface area contributed by atoms with Crippen LogP contribution in [0, 0.1) is 0 Å². The van der Waals surface area contributed by atoms with E-state index in [4.69, 9.17) is 11.6 Å². The highest BCUT2D eigenvalue weighted by Crippen LogP contribution is 2.39. The van der Waals surface area contributed by atoms with Crippen LogP contribution in [0.4, 0.5) is 0 Å². The van der Waals surface area contributed by atoms with Crippen LogP contribution >= 0.6 is 11.6 Å². The average Bonchev–Trinajstić information content (AvgIpc) is 3.08. The van der Waals surface area contributed by atoms with Crippen LogP contribution in [0.1, 0.15) is 42.9 Å². The second-order valence-corrected chi connectivity index (χ2v) is 7.02. The number of amides is 1. The second kappa shape index (κ2) is 8.37. The topological polar surface area (TPSA) is 57.6 Å². The van der Waals surface area contributed by atoms with Crippen LogP contribution in [0.5, 0.6) is 0 Å². The van der Waals surface area contributed by atoms with Crippen molar-refractivity contribution in [2.24, 2.45) is 0 Å². The lowest BCUT2D eigenvalue weighted by Crippen LogP contribution is -2.41. The van der Waals surface area contributed by atoms with Gasteiger partial charge in [-0.15, -0.1) is 0 Å². The number of aliphatic carboxylic acids is 1. The molecular formula is C21H22ClNO3. The molecule has 1 amide bonds. The first kappa shape index (κ1) is 18.5. The number of benzene rings is 2. The Morgan fingerprint density at radius 3 is 2.42 bits per heavy atom. The molecular weight excluding hydrogens is 350 g/mol. The maximum Gasteiger partial charge on any atom is 0.326 e. The number of hydrogen-bond acceptors (Lipinski definition) is 2. The molecule has 0 bridgehead atoms. The molecule has 0 saturated carbocycles. The van der Waals surface area contributed by atoms with E-state index in [1.54, 1.807) is 6.07 Å². The third-order valence-corrected chi connectivity index (χ3v) is 5.27. The highest BCUT2D eigenvalue weighted by atomic mass is 35.5. The van der Waals surface area contributed by atoms with E-state index in [1.807, 2.05) is 48.5 Å². The molecule has 136 valence electrons. The maximum atomic E-state index is 12.9. The van der Waals surface area contributed by atoms with Gasteiger partial charge in [-0.1, -0.05) is 60.1 Å². The van der Waals surface area contributed by atoms with E-state index in [9.17, 15) is 14.7 Å². The zero-order chi connectivity index (χ0) is 18.5. The van der Waals surface area contributed by atoms with E-state index >= 15 is 0 Å². The maximum absolute atomic E-state index is 12.9. The molecule has 2 aromatic rings. The summed E-state index contributed by atoms with van der Waals surface area (Å²) < 4.78 is 0. The van der Waals surface area contributed by atoms with Crippen LogP contribution in [-0.4, -0.2) is 27.9 Å². The molecule has 0 aromatic heterocycles. The predicted octanol–water partition coefficient (Wildman–Crippen LogP) is 4.48. The van der Waals surface area contributed by atoms with Crippen molar-refractivity contribution in [3.05, 3.63) is 70.7 Å². The molecule has 4 nitrogen and oxygen atoms in total. The van der Waals surface area contributed by atoms with Crippen molar-refractivity contribution in [1.29, 1.82) is 0 Å². The van der Waals surface area contributed by atoms with Crippen LogP contribution in [0.15, 0.2) is 54.6 Å². The Bertz CT molecular complexity index is 778. The third-order valence-electron chi connectivity index (χ3n) is 4.92. The number of carboxylic acids is 1. The summed E-state index contributed by atoms with van der Waals surface area (Å²) in [6.07, 6.45) is 2.90. The summed E-state index contributed by atoms with van der Waals surface area (Å²) in [6.45, 7) is 0. The molecule has 0 unspecified atom stereocenters. The van der Waals surface area contributed by atoms with Crippen molar-refractivity contribution in [2.45, 2.75) is 44.2 Å². The van der Waals surface area contributed by atoms with Crippen molar-refractivity contribution in [3.63, 3.8) is 0 Å². The first-order valence-corrected chi connectivity index (χ1v) is 9.28. The number of likely N-dealkylation sites (tertiary alicyclic amines) is 1. The monoisotopic (exact) mass is 371 g/mol. The van der Waals surface area contributed by atoms with E-state index in [-0.39, 0.29) is 11.9 Å². The molecule has 2 atom stereocenters. The van der Waals surface area contributed by atoms with Crippen molar-refractivity contribution in [1.82, 2.24) is 4.90 Å². The Morgan fingerprint density at radius 2 is 1.73 bits per heavy atom. The fraction of sp³-hybridized carbons (Fsp3) is 0.333. The van der Waals surface area contributed by atoms with E-state index < -0.39 is 12.0 Å². The summed E-state index contributed by atoms with van der Waals surface area (Å²) in [7, 11) is 0. The highest BCUT2D eigenvalue weighted by Gasteiger charge is 2.41. The van der Waals surface area contributed by atoms with Gasteiger partial charge < -0.3 is 10.0 Å². The number of carboxylic acid groups (broad SMARTS) is 1. The number of halogens is 1. The first-order chi connectivity index (χ1) is 12.6. The summed E-state index contributed by atoms with van der Waals surface area (Å²) in [5, 5.41) is 10.1. The first-order valence-electron chi connectivity index (χ1n) is 8.90. The van der Waals surface area contributed by atoms with Gasteiger partial charge in [-0.2, -0.15) is 0 Å². The summed E-state index contributed by atoms with van der Waals surface area (Å²) in [6, 6.07) is 16.3. The largest absolute Gasteiger partial charge is 0.480 e. The lowest BCUT2D eigenvalue weighted by Gasteiger charge is -2.29. The molecule has 2 aromatic carbocycles. The molecule has 1 N–H and O–H groups in total. The number of carbonyl (C=O) groups excluding carboxylic acids is 1. The molecule has 1 aliphatic rings. The third kappa shape index (κ3) is 4.07. The molecule has 0 aliphatic carbocycles. The van der Waals surface area contributed by atoms with Crippen LogP contribution < -0.4 is 0 Å². The number of carbonyl (C=O) groups is 2. The van der Waals surface area contributed by atoms with Crippen molar-refractivity contribution in [3.8, 4) is 0 Å². The summed E-state index contributed by atoms with van der Waals surface area (Å²) in [5.41, 5.74) is 2.01. The fourth-order valence-corrected chi connectivity index (χ4v) is 3.93. The number of rotatable bonds is 6. The van der Waals surface area contributed by atoms with Crippen LogP contribution in [-0.2, 0) is 16.0 Å². The van der Waals surface area contributed by atoms with E-state index in [1.165, 1.54) is 10.5 Å². The SMILES string of the molecule is O=C(O)[C@@H]1CC[C@H](c2ccccc2Cl)N1C(=O)CCCc1ccccc1. The second-order valence-electron chi connectivity index (χ2n) is 6.61. The molecule has 0 radical (unpaired) electrons. The minimum atomic E-state index is -0.948. The molecule has 0 spiro atoms. The van der Waals surface area contributed by atoms with Gasteiger partial charge in [0.15, 0.2) is 0 Å². The Morgan fingerprint density at radius 1 is 1.04 bits per heavy atom. The Kier molecular flexibility index (Phi) is 5.94. The van der Waals surface area contributed by atoms with Crippen molar-refractivity contribution < 1.29 is 14.7 Å². The summed E-state index contributed by atoms with van der Waals surface area (Å²) in [4.78, 5) is 26.0. The van der Waals surface area contributed by atoms with Gasteiger partial charge in [0.05, 0.1) is 6.04 Å². The van der Waals surface area contributed by atoms with Gasteiger partial charge in [0.2, 0.25) is 5.91 Å². The predicted molar refractivity (Wildman–Crippen MR) is 101 cm³/mol. The molecule has 1 saturated heterocycles. The van der Waals surface area contributed by atoms with Gasteiger partial charge in [-0.05, 0) is 42.9 Å². The van der Waals surface area contributed by atoms with E-state index in [0.29, 0.717) is 30.7 Å². The molecule has 1 aliphatic heterocycles. The van der Waals surface area contributed by atoms with Gasteiger partial charge in [0.1, 0.15) is 6.04 Å². The van der Waals surface area contributed by atoms with Crippen LogP contribution in [0.25, 0.3) is 0 Å². The smallest absolute Gasteiger partial charge is 0.326 e. The molecule has 3 rings (SSSR count). The standard InChI is InChI=1S/C21H22ClNO3/c22-17-11-5-4-10-16(17)18-13-14-19(21(25)26)23(18)20(24)12-6-9-15-7-2-1-3-8-15/h1-5,7-8,10-11,18-19H,6,9,12-14H2,(H,25,26)/t18-,19+/m1/s1.